The molecule has 30 heavy (non-hydrogen) atoms. The molecule has 1 aliphatic rings. The summed E-state index contributed by atoms with van der Waals surface area (Å²) in [6.45, 7) is 15.4. The fourth-order valence-corrected chi connectivity index (χ4v) is 4.31. The summed E-state index contributed by atoms with van der Waals surface area (Å²) in [6, 6.07) is 6.17. The van der Waals surface area contributed by atoms with Crippen LogP contribution in [0.3, 0.4) is 0 Å². The van der Waals surface area contributed by atoms with Gasteiger partial charge in [0.2, 0.25) is 0 Å². The molecule has 1 atom stereocenters. The Hall–Kier alpha value is -2.60. The van der Waals surface area contributed by atoms with Crippen molar-refractivity contribution in [3.63, 3.8) is 0 Å². The van der Waals surface area contributed by atoms with Gasteiger partial charge in [0.25, 0.3) is 0 Å². The highest BCUT2D eigenvalue weighted by molar-refractivity contribution is 6.03. The average molecular weight is 412 g/mol. The van der Waals surface area contributed by atoms with Crippen LogP contribution in [-0.4, -0.2) is 60.5 Å². The third-order valence-corrected chi connectivity index (χ3v) is 6.32. The summed E-state index contributed by atoms with van der Waals surface area (Å²) in [5, 5.41) is 0. The van der Waals surface area contributed by atoms with Crippen molar-refractivity contribution in [2.45, 2.75) is 47.6 Å². The topological polar surface area (TPSA) is 65.6 Å². The summed E-state index contributed by atoms with van der Waals surface area (Å²) < 4.78 is 5.15. The number of benzene rings is 1. The molecule has 3 rings (SSSR count). The lowest BCUT2D eigenvalue weighted by Crippen LogP contribution is -2.52. The van der Waals surface area contributed by atoms with Crippen LogP contribution in [0.2, 0.25) is 0 Å². The lowest BCUT2D eigenvalue weighted by atomic mass is 10.0. The highest BCUT2D eigenvalue weighted by Gasteiger charge is 2.30. The third-order valence-electron chi connectivity index (χ3n) is 6.32. The van der Waals surface area contributed by atoms with E-state index in [1.807, 2.05) is 20.8 Å². The Morgan fingerprint density at radius 3 is 2.37 bits per heavy atom. The molecule has 6 heteroatoms. The number of H-pyrrole nitrogens is 1. The van der Waals surface area contributed by atoms with E-state index in [0.717, 1.165) is 26.2 Å². The highest BCUT2D eigenvalue weighted by atomic mass is 16.5. The molecule has 6 nitrogen and oxygen atoms in total. The monoisotopic (exact) mass is 411 g/mol. The van der Waals surface area contributed by atoms with E-state index < -0.39 is 0 Å². The molecule has 0 bridgehead atoms. The van der Waals surface area contributed by atoms with Gasteiger partial charge in [0.15, 0.2) is 5.78 Å². The summed E-state index contributed by atoms with van der Waals surface area (Å²) >= 11 is 0. The van der Waals surface area contributed by atoms with E-state index in [9.17, 15) is 9.59 Å². The molecule has 1 unspecified atom stereocenters. The fraction of sp³-hybridized carbons (Fsp3) is 0.500. The van der Waals surface area contributed by atoms with Crippen LogP contribution in [0.25, 0.3) is 0 Å². The van der Waals surface area contributed by atoms with Crippen molar-refractivity contribution in [3.8, 4) is 0 Å². The second-order valence-electron chi connectivity index (χ2n) is 8.13. The van der Waals surface area contributed by atoms with Gasteiger partial charge in [-0.05, 0) is 64.3 Å². The van der Waals surface area contributed by atoms with Crippen LogP contribution in [0.15, 0.2) is 18.2 Å². The number of nitrogens with zero attached hydrogens (tertiary/aromatic N) is 2. The molecule has 1 aromatic carbocycles. The van der Waals surface area contributed by atoms with Crippen LogP contribution in [0.1, 0.15) is 57.1 Å². The molecule has 0 saturated carbocycles. The van der Waals surface area contributed by atoms with E-state index in [1.165, 1.54) is 16.8 Å². The first-order valence-corrected chi connectivity index (χ1v) is 10.7. The Bertz CT molecular complexity index is 939. The molecule has 0 spiro atoms. The zero-order chi connectivity index (χ0) is 22.0. The number of piperazine rings is 1. The first-order valence-electron chi connectivity index (χ1n) is 10.7. The number of carbonyl (C=O) groups is 2. The van der Waals surface area contributed by atoms with Gasteiger partial charge >= 0.3 is 5.97 Å². The molecule has 2 aromatic rings. The van der Waals surface area contributed by atoms with Crippen LogP contribution in [0.4, 0.5) is 5.69 Å². The number of rotatable bonds is 6. The Balaban J connectivity index is 1.70. The van der Waals surface area contributed by atoms with Crippen molar-refractivity contribution in [1.82, 2.24) is 9.88 Å². The molecule has 1 N–H and O–H groups in total. The van der Waals surface area contributed by atoms with Gasteiger partial charge in [-0.2, -0.15) is 0 Å². The molecular formula is C24H33N3O3. The van der Waals surface area contributed by atoms with Crippen LogP contribution in [0.5, 0.6) is 0 Å². The molecule has 0 aliphatic carbocycles. The number of esters is 1. The number of aromatic nitrogens is 1. The highest BCUT2D eigenvalue weighted by Crippen LogP contribution is 2.25. The number of nitrogens with one attached hydrogen (secondary N) is 1. The van der Waals surface area contributed by atoms with Gasteiger partial charge in [-0.1, -0.05) is 12.1 Å². The predicted molar refractivity (Wildman–Crippen MR) is 120 cm³/mol. The zero-order valence-electron chi connectivity index (χ0n) is 19.0. The van der Waals surface area contributed by atoms with Crippen molar-refractivity contribution < 1.29 is 14.3 Å². The van der Waals surface area contributed by atoms with Gasteiger partial charge in [0, 0.05) is 37.6 Å². The smallest absolute Gasteiger partial charge is 0.340 e. The van der Waals surface area contributed by atoms with Gasteiger partial charge in [0.05, 0.1) is 23.9 Å². The zero-order valence-corrected chi connectivity index (χ0v) is 19.0. The number of hydrogen-bond donors (Lipinski definition) is 1. The van der Waals surface area contributed by atoms with Gasteiger partial charge in [-0.25, -0.2) is 4.79 Å². The molecule has 1 aliphatic heterocycles. The Morgan fingerprint density at radius 1 is 1.07 bits per heavy atom. The van der Waals surface area contributed by atoms with Gasteiger partial charge in [-0.15, -0.1) is 0 Å². The summed E-state index contributed by atoms with van der Waals surface area (Å²) in [4.78, 5) is 33.2. The van der Waals surface area contributed by atoms with E-state index in [0.29, 0.717) is 29.1 Å². The van der Waals surface area contributed by atoms with Crippen LogP contribution < -0.4 is 4.90 Å². The summed E-state index contributed by atoms with van der Waals surface area (Å²) in [5.74, 6) is -0.357. The Morgan fingerprint density at radius 2 is 1.73 bits per heavy atom. The minimum atomic E-state index is -0.377. The maximum absolute atomic E-state index is 13.2. The molecular weight excluding hydrogens is 378 g/mol. The molecule has 1 saturated heterocycles. The number of aryl methyl sites for hydroxylation is 2. The average Bonchev–Trinajstić information content (AvgIpc) is 3.03. The van der Waals surface area contributed by atoms with Crippen molar-refractivity contribution >= 4 is 17.4 Å². The fourth-order valence-electron chi connectivity index (χ4n) is 4.31. The molecule has 2 heterocycles. The summed E-state index contributed by atoms with van der Waals surface area (Å²) in [5.41, 5.74) is 6.25. The van der Waals surface area contributed by atoms with Gasteiger partial charge in [0.1, 0.15) is 0 Å². The molecule has 0 radical (unpaired) electrons. The predicted octanol–water partition coefficient (Wildman–Crippen LogP) is 3.82. The molecule has 1 aromatic heterocycles. The normalized spacial score (nSPS) is 15.9. The second-order valence-corrected chi connectivity index (χ2v) is 8.13. The Kier molecular flexibility index (Phi) is 6.66. The Labute approximate surface area is 179 Å². The van der Waals surface area contributed by atoms with Crippen molar-refractivity contribution in [2.75, 3.05) is 37.7 Å². The number of anilines is 1. The number of ketones is 1. The number of aromatic amines is 1. The third kappa shape index (κ3) is 4.15. The minimum Gasteiger partial charge on any atom is -0.462 e. The van der Waals surface area contributed by atoms with Gasteiger partial charge < -0.3 is 14.6 Å². The van der Waals surface area contributed by atoms with E-state index in [1.54, 1.807) is 6.92 Å². The van der Waals surface area contributed by atoms with Crippen molar-refractivity contribution in [1.29, 1.82) is 0 Å². The number of Topliss-reactive ketones (excluding diaryl/α,β-unsaturated/α-hetero) is 1. The molecule has 162 valence electrons. The maximum atomic E-state index is 13.2. The van der Waals surface area contributed by atoms with Gasteiger partial charge in [-0.3, -0.25) is 9.69 Å². The number of ether oxygens (including phenoxy) is 1. The van der Waals surface area contributed by atoms with Crippen molar-refractivity contribution in [3.05, 3.63) is 51.8 Å². The van der Waals surface area contributed by atoms with E-state index >= 15 is 0 Å². The van der Waals surface area contributed by atoms with Crippen LogP contribution in [0, 0.1) is 27.7 Å². The lowest BCUT2D eigenvalue weighted by Gasteiger charge is -2.39. The largest absolute Gasteiger partial charge is 0.462 e. The second kappa shape index (κ2) is 9.04. The van der Waals surface area contributed by atoms with E-state index in [-0.39, 0.29) is 17.8 Å². The van der Waals surface area contributed by atoms with E-state index in [4.69, 9.17) is 4.74 Å². The first-order chi connectivity index (χ1) is 14.3. The van der Waals surface area contributed by atoms with Crippen LogP contribution in [-0.2, 0) is 4.74 Å². The quantitative estimate of drug-likeness (QED) is 0.578. The SMILES string of the molecule is CCOC(=O)c1c(C)[nH]c(C(=O)C(C)N2CCN(c3cccc(C)c3C)CC2)c1C. The lowest BCUT2D eigenvalue weighted by molar-refractivity contribution is 0.0525. The molecule has 1 fully saturated rings. The summed E-state index contributed by atoms with van der Waals surface area (Å²) in [7, 11) is 0. The maximum Gasteiger partial charge on any atom is 0.340 e. The van der Waals surface area contributed by atoms with E-state index in [2.05, 4.69) is 46.8 Å². The summed E-state index contributed by atoms with van der Waals surface area (Å²) in [6.07, 6.45) is 0. The number of hydrogen-bond acceptors (Lipinski definition) is 5. The number of carbonyl (C=O) groups excluding carboxylic acids is 2. The minimum absolute atomic E-state index is 0.0198. The van der Waals surface area contributed by atoms with Crippen molar-refractivity contribution in [2.24, 2.45) is 0 Å². The first kappa shape index (κ1) is 22.1. The molecule has 0 amide bonds. The van der Waals surface area contributed by atoms with Crippen LogP contribution >= 0.6 is 0 Å². The standard InChI is InChI=1S/C24H33N3O3/c1-7-30-24(29)21-17(4)22(25-18(21)5)23(28)19(6)26-11-13-27(14-12-26)20-10-8-9-15(2)16(20)3/h8-10,19,25H,7,11-14H2,1-6H3.